The maximum Gasteiger partial charge on any atom is 0.449 e. The molecule has 288 valence electrons. The van der Waals surface area contributed by atoms with Crippen molar-refractivity contribution >= 4 is 17.5 Å². The fourth-order valence-corrected chi connectivity index (χ4v) is 1.49. The van der Waals surface area contributed by atoms with Crippen LogP contribution in [0.2, 0.25) is 0 Å². The summed E-state index contributed by atoms with van der Waals surface area (Å²) in [5.74, 6) is -8.63. The molecule has 0 heterocycles. The predicted octanol–water partition coefficient (Wildman–Crippen LogP) is 6.21. The number of ketones is 2. The van der Waals surface area contributed by atoms with Crippen LogP contribution in [-0.4, -0.2) is 74.2 Å². The van der Waals surface area contributed by atoms with Crippen LogP contribution < -0.4 is 5.32 Å². The van der Waals surface area contributed by atoms with Gasteiger partial charge < -0.3 is 97.2 Å². The van der Waals surface area contributed by atoms with Crippen LogP contribution in [0.5, 0.6) is 0 Å². The van der Waals surface area contributed by atoms with Crippen molar-refractivity contribution in [3.8, 4) is 0 Å². The molecule has 0 saturated carbocycles. The van der Waals surface area contributed by atoms with Gasteiger partial charge in [0.1, 0.15) is 5.78 Å². The number of aliphatic hydroxyl groups is 4. The number of hydrogen-bond donors (Lipinski definition) is 6. The Balaban J connectivity index is -0.0000000227. The Labute approximate surface area is 326 Å². The third-order valence-corrected chi connectivity index (χ3v) is 3.62. The molecular weight excluding hydrogens is 812 g/mol. The molecule has 0 radical (unpaired) electrons. The molecule has 0 bridgehead atoms. The van der Waals surface area contributed by atoms with Crippen LogP contribution in [-0.2, 0) is 79.2 Å². The Morgan fingerprint density at radius 1 is 0.708 bits per heavy atom. The van der Waals surface area contributed by atoms with Gasteiger partial charge in [-0.05, 0) is 32.9 Å². The van der Waals surface area contributed by atoms with Gasteiger partial charge in [-0.1, -0.05) is 30.3 Å². The van der Waals surface area contributed by atoms with Crippen LogP contribution in [0.1, 0.15) is 39.7 Å². The predicted molar refractivity (Wildman–Crippen MR) is 172 cm³/mol. The van der Waals surface area contributed by atoms with Crippen LogP contribution in [0.25, 0.3) is 0 Å². The smallest absolute Gasteiger partial charge is 0.449 e. The van der Waals surface area contributed by atoms with Gasteiger partial charge in [0.05, 0.1) is 5.92 Å². The normalized spacial score (nSPS) is 9.31. The largest absolute Gasteiger partial charge is 0.481 e. The molecule has 18 heteroatoms. The van der Waals surface area contributed by atoms with E-state index in [-0.39, 0.29) is 144 Å². The van der Waals surface area contributed by atoms with Crippen LogP contribution in [0.4, 0.5) is 26.3 Å². The van der Waals surface area contributed by atoms with Crippen molar-refractivity contribution in [2.24, 2.45) is 5.92 Å². The number of carboxylic acids is 1. The second-order valence-corrected chi connectivity index (χ2v) is 7.47. The fourth-order valence-electron chi connectivity index (χ4n) is 1.49. The van der Waals surface area contributed by atoms with Crippen LogP contribution >= 0.6 is 0 Å². The van der Waals surface area contributed by atoms with E-state index in [9.17, 15) is 40.7 Å². The van der Waals surface area contributed by atoms with Gasteiger partial charge in [0, 0.05) is 78.7 Å². The van der Waals surface area contributed by atoms with E-state index in [1.165, 1.54) is 20.9 Å². The molecule has 1 unspecified atom stereocenters. The Morgan fingerprint density at radius 2 is 0.958 bits per heavy atom. The SMILES string of the molecule is CC(=O)C(F)(F)F.CC(=O)CC(Cc1ccccc1)C(=O)O.CC(O)(O)C(F)(F)F.CNC(C)(O)O.[CH3-].[CH3-].[CH3-].[CH3-].[CH3-].[CH3-].[CH3-].[CH3-].[CH3-].[Zn].[Zn].[Zn]. The molecule has 1 rings (SSSR count). The van der Waals surface area contributed by atoms with Crippen molar-refractivity contribution in [1.29, 1.82) is 0 Å². The van der Waals surface area contributed by atoms with Gasteiger partial charge in [0.15, 0.2) is 0 Å². The molecule has 1 atom stereocenters. The van der Waals surface area contributed by atoms with Gasteiger partial charge in [0.25, 0.3) is 5.79 Å². The number of carboxylic acid groups (broad SMARTS) is 1. The summed E-state index contributed by atoms with van der Waals surface area (Å²) in [6.45, 7) is 3.40. The first kappa shape index (κ1) is 97.2. The van der Waals surface area contributed by atoms with E-state index >= 15 is 0 Å². The van der Waals surface area contributed by atoms with Crippen molar-refractivity contribution in [3.63, 3.8) is 0 Å². The van der Waals surface area contributed by atoms with E-state index in [0.717, 1.165) is 5.56 Å². The van der Waals surface area contributed by atoms with Crippen LogP contribution in [0.15, 0.2) is 30.3 Å². The quantitative estimate of drug-likeness (QED) is 0.0846. The summed E-state index contributed by atoms with van der Waals surface area (Å²) in [5, 5.41) is 43.3. The van der Waals surface area contributed by atoms with E-state index in [2.05, 4.69) is 5.32 Å². The number of Topliss-reactive ketones (excluding diaryl/α,β-unsaturated/α-hetero) is 2. The molecule has 1 aromatic rings. The van der Waals surface area contributed by atoms with E-state index in [1.807, 2.05) is 30.3 Å². The number of halogens is 6. The van der Waals surface area contributed by atoms with Crippen LogP contribution in [0, 0.1) is 72.8 Å². The number of carbonyl (C=O) groups is 3. The summed E-state index contributed by atoms with van der Waals surface area (Å²) in [4.78, 5) is 31.1. The summed E-state index contributed by atoms with van der Waals surface area (Å²) < 4.78 is 65.7. The molecule has 0 saturated heterocycles. The van der Waals surface area contributed by atoms with Gasteiger partial charge in [-0.15, -0.1) is 0 Å². The van der Waals surface area contributed by atoms with Crippen molar-refractivity contribution in [2.45, 2.75) is 64.6 Å². The molecule has 9 nitrogen and oxygen atoms in total. The molecule has 0 aromatic heterocycles. The number of rotatable bonds is 6. The second kappa shape index (κ2) is 44.3. The fraction of sp³-hybridized carbons (Fsp3) is 0.400. The zero-order chi connectivity index (χ0) is 29.5. The minimum atomic E-state index is -4.95. The molecule has 0 aliphatic heterocycles. The average Bonchev–Trinajstić information content (AvgIpc) is 2.66. The van der Waals surface area contributed by atoms with Crippen molar-refractivity contribution < 1.29 is 125 Å². The van der Waals surface area contributed by atoms with Gasteiger partial charge in [-0.25, -0.2) is 0 Å². The maximum atomic E-state index is 11.1. The monoisotopic (exact) mass is 866 g/mol. The number of hydrogen-bond acceptors (Lipinski definition) is 8. The minimum Gasteiger partial charge on any atom is -0.481 e. The summed E-state index contributed by atoms with van der Waals surface area (Å²) in [6, 6.07) is 9.35. The van der Waals surface area contributed by atoms with Gasteiger partial charge in [0.2, 0.25) is 11.7 Å². The van der Waals surface area contributed by atoms with Crippen LogP contribution in [0.3, 0.4) is 0 Å². The molecule has 0 aliphatic carbocycles. The number of nitrogens with one attached hydrogen (secondary N) is 1. The number of benzene rings is 1. The van der Waals surface area contributed by atoms with Gasteiger partial charge >= 0.3 is 18.3 Å². The average molecular weight is 871 g/mol. The third kappa shape index (κ3) is 63.9. The minimum absolute atomic E-state index is 0. The van der Waals surface area contributed by atoms with E-state index in [0.29, 0.717) is 13.3 Å². The molecule has 0 amide bonds. The first-order valence-corrected chi connectivity index (χ1v) is 9.84. The summed E-state index contributed by atoms with van der Waals surface area (Å²) >= 11 is 0. The Bertz CT molecular complexity index is 795. The summed E-state index contributed by atoms with van der Waals surface area (Å²) in [5.41, 5.74) is 0.950. The number of alkyl halides is 6. The van der Waals surface area contributed by atoms with Gasteiger partial charge in [-0.2, -0.15) is 26.3 Å². The van der Waals surface area contributed by atoms with Crippen molar-refractivity contribution in [2.75, 3.05) is 7.05 Å². The molecule has 0 spiro atoms. The molecular formula is C30H58F6NO8Zn3-9. The standard InChI is InChI=1S/C12H14O3.C3H5F3O2.C3H3F3O.C3H9NO2.9CH3.3Zn/c1-9(13)7-11(12(14)15)8-10-5-3-2-4-6-10;1-2(7,8)3(4,5)6;1-2(7)3(4,5)6;1-3(5,6)4-2;;;;;;;;;;;;/h2-6,11H,7-8H2,1H3,(H,14,15);7-8H,1H3;1H3;4-6H,1-2H3;9*1H3;;;/q;;;;9*-1;;;. The third-order valence-electron chi connectivity index (χ3n) is 3.62. The first-order chi connectivity index (χ1) is 15.8. The topological polar surface area (TPSA) is 164 Å². The first-order valence-electron chi connectivity index (χ1n) is 9.84. The molecule has 1 aromatic carbocycles. The zero-order valence-electron chi connectivity index (χ0n) is 31.2. The number of aliphatic carboxylic acids is 1. The molecule has 0 aliphatic rings. The molecule has 6 N–H and O–H groups in total. The zero-order valence-corrected chi connectivity index (χ0v) is 40.1. The maximum absolute atomic E-state index is 11.1. The van der Waals surface area contributed by atoms with E-state index < -0.39 is 41.7 Å². The van der Waals surface area contributed by atoms with Crippen molar-refractivity contribution in [3.05, 3.63) is 103 Å². The Hall–Kier alpha value is -0.720. The molecule has 48 heavy (non-hydrogen) atoms. The van der Waals surface area contributed by atoms with E-state index in [4.69, 9.17) is 25.5 Å². The van der Waals surface area contributed by atoms with Gasteiger partial charge in [-0.3, -0.25) is 14.9 Å². The summed E-state index contributed by atoms with van der Waals surface area (Å²) in [7, 11) is 1.46. The second-order valence-electron chi connectivity index (χ2n) is 7.47. The molecule has 0 fully saturated rings. The van der Waals surface area contributed by atoms with E-state index in [1.54, 1.807) is 0 Å². The Morgan fingerprint density at radius 3 is 1.10 bits per heavy atom. The number of carbonyl (C=O) groups excluding carboxylic acids is 2. The summed E-state index contributed by atoms with van der Waals surface area (Å²) in [6.07, 6.45) is -9.08. The van der Waals surface area contributed by atoms with Crippen molar-refractivity contribution in [1.82, 2.24) is 5.32 Å². The Kier molecular flexibility index (Phi) is 89.7.